The summed E-state index contributed by atoms with van der Waals surface area (Å²) in [6, 6.07) is 17.1. The van der Waals surface area contributed by atoms with Crippen LogP contribution in [0.1, 0.15) is 15.5 Å². The van der Waals surface area contributed by atoms with E-state index in [1.165, 1.54) is 11.3 Å². The maximum Gasteiger partial charge on any atom is 0.275 e. The Labute approximate surface area is 138 Å². The Kier molecular flexibility index (Phi) is 4.39. The minimum absolute atomic E-state index is 0.238. The van der Waals surface area contributed by atoms with Crippen molar-refractivity contribution in [1.29, 1.82) is 0 Å². The van der Waals surface area contributed by atoms with E-state index in [0.29, 0.717) is 17.1 Å². The molecule has 0 spiro atoms. The number of anilines is 1. The molecule has 3 rings (SSSR count). The molecule has 1 heterocycles. The number of ether oxygens (including phenoxy) is 1. The summed E-state index contributed by atoms with van der Waals surface area (Å²) in [6.07, 6.45) is 0. The molecule has 0 aliphatic carbocycles. The number of nitrogens with one attached hydrogen (secondary N) is 1. The zero-order chi connectivity index (χ0) is 16.2. The molecule has 0 bridgehead atoms. The molecule has 116 valence electrons. The first-order chi connectivity index (χ1) is 11.2. The topological polar surface area (TPSA) is 51.2 Å². The van der Waals surface area contributed by atoms with Gasteiger partial charge in [0, 0.05) is 0 Å². The van der Waals surface area contributed by atoms with Crippen molar-refractivity contribution >= 4 is 22.9 Å². The highest BCUT2D eigenvalue weighted by Crippen LogP contribution is 2.31. The van der Waals surface area contributed by atoms with Gasteiger partial charge in [0.25, 0.3) is 5.91 Å². The van der Waals surface area contributed by atoms with E-state index < -0.39 is 0 Å². The molecule has 0 radical (unpaired) electrons. The minimum Gasteiger partial charge on any atom is -0.495 e. The number of carbonyl (C=O) groups excluding carboxylic acids is 1. The fourth-order valence-electron chi connectivity index (χ4n) is 2.30. The highest BCUT2D eigenvalue weighted by atomic mass is 32.1. The molecule has 0 aliphatic heterocycles. The molecule has 23 heavy (non-hydrogen) atoms. The lowest BCUT2D eigenvalue weighted by atomic mass is 10.1. The van der Waals surface area contributed by atoms with Crippen molar-refractivity contribution in [2.45, 2.75) is 6.92 Å². The second-order valence-electron chi connectivity index (χ2n) is 4.93. The Bertz CT molecular complexity index is 828. The molecule has 0 unspecified atom stereocenters. The largest absolute Gasteiger partial charge is 0.495 e. The monoisotopic (exact) mass is 324 g/mol. The molecule has 0 saturated heterocycles. The van der Waals surface area contributed by atoms with Crippen molar-refractivity contribution in [3.05, 3.63) is 65.3 Å². The van der Waals surface area contributed by atoms with Gasteiger partial charge in [-0.3, -0.25) is 4.79 Å². The number of hydrogen-bond donors (Lipinski definition) is 1. The second kappa shape index (κ2) is 6.62. The Morgan fingerprint density at radius 1 is 1.09 bits per heavy atom. The first-order valence-corrected chi connectivity index (χ1v) is 7.98. The van der Waals surface area contributed by atoms with Gasteiger partial charge in [-0.2, -0.15) is 0 Å². The van der Waals surface area contributed by atoms with Crippen LogP contribution in [-0.2, 0) is 0 Å². The Morgan fingerprint density at radius 2 is 1.78 bits per heavy atom. The van der Waals surface area contributed by atoms with Crippen LogP contribution in [0.3, 0.4) is 0 Å². The van der Waals surface area contributed by atoms with Crippen LogP contribution < -0.4 is 10.1 Å². The van der Waals surface area contributed by atoms with Gasteiger partial charge in [0.15, 0.2) is 0 Å². The third-order valence-electron chi connectivity index (χ3n) is 3.34. The fourth-order valence-corrected chi connectivity index (χ4v) is 3.22. The summed E-state index contributed by atoms with van der Waals surface area (Å²) >= 11 is 1.51. The van der Waals surface area contributed by atoms with Crippen LogP contribution in [0.2, 0.25) is 0 Å². The Morgan fingerprint density at radius 3 is 2.52 bits per heavy atom. The number of rotatable bonds is 4. The van der Waals surface area contributed by atoms with E-state index in [0.717, 1.165) is 15.4 Å². The number of methoxy groups -OCH3 is 1. The standard InChI is InChI=1S/C18H16N2O2S/c1-12-19-16(17(23-12)13-8-4-3-5-9-13)18(21)20-14-10-6-7-11-15(14)22-2/h3-11H,1-2H3,(H,20,21). The first kappa shape index (κ1) is 15.2. The fraction of sp³-hybridized carbons (Fsp3) is 0.111. The van der Waals surface area contributed by atoms with Crippen molar-refractivity contribution in [2.24, 2.45) is 0 Å². The number of thiazole rings is 1. The highest BCUT2D eigenvalue weighted by molar-refractivity contribution is 7.15. The predicted molar refractivity (Wildman–Crippen MR) is 93.2 cm³/mol. The number of amides is 1. The number of para-hydroxylation sites is 2. The molecular formula is C18H16N2O2S. The number of aromatic nitrogens is 1. The third kappa shape index (κ3) is 3.24. The van der Waals surface area contributed by atoms with Gasteiger partial charge in [-0.25, -0.2) is 4.98 Å². The van der Waals surface area contributed by atoms with Gasteiger partial charge in [0.2, 0.25) is 0 Å². The first-order valence-electron chi connectivity index (χ1n) is 7.16. The lowest BCUT2D eigenvalue weighted by Gasteiger charge is -2.09. The summed E-state index contributed by atoms with van der Waals surface area (Å²) in [7, 11) is 1.58. The van der Waals surface area contributed by atoms with Crippen molar-refractivity contribution in [3.63, 3.8) is 0 Å². The zero-order valence-electron chi connectivity index (χ0n) is 12.9. The van der Waals surface area contributed by atoms with E-state index in [4.69, 9.17) is 4.74 Å². The number of benzene rings is 2. The zero-order valence-corrected chi connectivity index (χ0v) is 13.7. The normalized spacial score (nSPS) is 10.3. The molecule has 0 saturated carbocycles. The van der Waals surface area contributed by atoms with E-state index in [1.54, 1.807) is 19.2 Å². The summed E-state index contributed by atoms with van der Waals surface area (Å²) in [5.41, 5.74) is 2.05. The van der Waals surface area contributed by atoms with Crippen molar-refractivity contribution in [1.82, 2.24) is 4.98 Å². The Balaban J connectivity index is 1.94. The minimum atomic E-state index is -0.238. The van der Waals surface area contributed by atoms with Gasteiger partial charge >= 0.3 is 0 Å². The molecule has 1 N–H and O–H groups in total. The summed E-state index contributed by atoms with van der Waals surface area (Å²) in [6.45, 7) is 1.90. The molecule has 2 aromatic carbocycles. The number of hydrogen-bond acceptors (Lipinski definition) is 4. The van der Waals surface area contributed by atoms with Gasteiger partial charge in [0.1, 0.15) is 11.4 Å². The van der Waals surface area contributed by atoms with Gasteiger partial charge in [-0.05, 0) is 24.6 Å². The predicted octanol–water partition coefficient (Wildman–Crippen LogP) is 4.38. The molecule has 1 aromatic heterocycles. The molecule has 0 aliphatic rings. The van der Waals surface area contributed by atoms with Crippen molar-refractivity contribution in [3.8, 4) is 16.2 Å². The third-order valence-corrected chi connectivity index (χ3v) is 4.36. The van der Waals surface area contributed by atoms with Crippen LogP contribution in [0.5, 0.6) is 5.75 Å². The van der Waals surface area contributed by atoms with Gasteiger partial charge in [0.05, 0.1) is 22.7 Å². The Hall–Kier alpha value is -2.66. The highest BCUT2D eigenvalue weighted by Gasteiger charge is 2.19. The molecule has 0 fully saturated rings. The number of carbonyl (C=O) groups is 1. The van der Waals surface area contributed by atoms with E-state index >= 15 is 0 Å². The van der Waals surface area contributed by atoms with E-state index in [-0.39, 0.29) is 5.91 Å². The number of aryl methyl sites for hydroxylation is 1. The quantitative estimate of drug-likeness (QED) is 0.775. The second-order valence-corrected chi connectivity index (χ2v) is 6.13. The summed E-state index contributed by atoms with van der Waals surface area (Å²) in [5, 5.41) is 3.74. The van der Waals surface area contributed by atoms with Crippen LogP contribution in [-0.4, -0.2) is 18.0 Å². The lowest BCUT2D eigenvalue weighted by molar-refractivity contribution is 0.102. The van der Waals surface area contributed by atoms with E-state index in [1.807, 2.05) is 49.4 Å². The molecule has 5 heteroatoms. The van der Waals surface area contributed by atoms with Crippen molar-refractivity contribution < 1.29 is 9.53 Å². The summed E-state index contributed by atoms with van der Waals surface area (Å²) < 4.78 is 5.27. The molecule has 3 aromatic rings. The van der Waals surface area contributed by atoms with Gasteiger partial charge in [-0.1, -0.05) is 42.5 Å². The lowest BCUT2D eigenvalue weighted by Crippen LogP contribution is -2.14. The number of nitrogens with zero attached hydrogens (tertiary/aromatic N) is 1. The SMILES string of the molecule is COc1ccccc1NC(=O)c1nc(C)sc1-c1ccccc1. The van der Waals surface area contributed by atoms with Crippen LogP contribution in [0.15, 0.2) is 54.6 Å². The van der Waals surface area contributed by atoms with Crippen LogP contribution >= 0.6 is 11.3 Å². The van der Waals surface area contributed by atoms with Crippen LogP contribution in [0, 0.1) is 6.92 Å². The van der Waals surface area contributed by atoms with E-state index in [2.05, 4.69) is 10.3 Å². The average molecular weight is 324 g/mol. The van der Waals surface area contributed by atoms with Crippen molar-refractivity contribution in [2.75, 3.05) is 12.4 Å². The van der Waals surface area contributed by atoms with Crippen LogP contribution in [0.25, 0.3) is 10.4 Å². The van der Waals surface area contributed by atoms with Gasteiger partial charge in [-0.15, -0.1) is 11.3 Å². The molecule has 4 nitrogen and oxygen atoms in total. The summed E-state index contributed by atoms with van der Waals surface area (Å²) in [5.74, 6) is 0.381. The van der Waals surface area contributed by atoms with Crippen LogP contribution in [0.4, 0.5) is 5.69 Å². The van der Waals surface area contributed by atoms with Gasteiger partial charge < -0.3 is 10.1 Å². The summed E-state index contributed by atoms with van der Waals surface area (Å²) in [4.78, 5) is 17.9. The average Bonchev–Trinajstić information content (AvgIpc) is 2.98. The maximum absolute atomic E-state index is 12.7. The maximum atomic E-state index is 12.7. The molecular weight excluding hydrogens is 308 g/mol. The van der Waals surface area contributed by atoms with E-state index in [9.17, 15) is 4.79 Å². The smallest absolute Gasteiger partial charge is 0.275 e. The molecule has 0 atom stereocenters. The molecule has 1 amide bonds.